The second-order valence-corrected chi connectivity index (χ2v) is 2.94. The highest BCUT2D eigenvalue weighted by atomic mass is 16.5. The Balaban J connectivity index is 2.30. The molecule has 1 fully saturated rings. The van der Waals surface area contributed by atoms with E-state index in [1.807, 2.05) is 0 Å². The molecule has 1 amide bonds. The zero-order valence-electron chi connectivity index (χ0n) is 7.16. The van der Waals surface area contributed by atoms with Crippen molar-refractivity contribution in [3.8, 4) is 0 Å². The summed E-state index contributed by atoms with van der Waals surface area (Å²) in [5, 5.41) is 0. The van der Waals surface area contributed by atoms with E-state index in [2.05, 4.69) is 0 Å². The van der Waals surface area contributed by atoms with Gasteiger partial charge in [-0.1, -0.05) is 0 Å². The molecule has 0 aromatic heterocycles. The maximum absolute atomic E-state index is 10.5. The normalized spacial score (nSPS) is 22.4. The van der Waals surface area contributed by atoms with Crippen LogP contribution < -0.4 is 0 Å². The molecule has 0 aromatic rings. The maximum Gasteiger partial charge on any atom is 0.302 e. The number of esters is 1. The fourth-order valence-corrected chi connectivity index (χ4v) is 1.39. The first-order valence-corrected chi connectivity index (χ1v) is 4.08. The van der Waals surface area contributed by atoms with Crippen LogP contribution in [0.1, 0.15) is 19.8 Å². The monoisotopic (exact) mass is 171 g/mol. The summed E-state index contributed by atoms with van der Waals surface area (Å²) in [7, 11) is 0. The van der Waals surface area contributed by atoms with Crippen molar-refractivity contribution >= 4 is 12.4 Å². The average Bonchev–Trinajstić information content (AvgIpc) is 2.47. The molecule has 12 heavy (non-hydrogen) atoms. The third kappa shape index (κ3) is 2.22. The summed E-state index contributed by atoms with van der Waals surface area (Å²) in [6.45, 7) is 2.50. The van der Waals surface area contributed by atoms with Crippen molar-refractivity contribution in [2.45, 2.75) is 25.8 Å². The van der Waals surface area contributed by atoms with Gasteiger partial charge in [0.1, 0.15) is 6.61 Å². The molecule has 4 heteroatoms. The third-order valence-corrected chi connectivity index (χ3v) is 2.04. The van der Waals surface area contributed by atoms with Gasteiger partial charge < -0.3 is 9.64 Å². The van der Waals surface area contributed by atoms with Crippen molar-refractivity contribution in [3.05, 3.63) is 0 Å². The van der Waals surface area contributed by atoms with Gasteiger partial charge >= 0.3 is 5.97 Å². The SMILES string of the molecule is CC(=O)OCC1CCCN1C=O. The molecular formula is C8H13NO3. The molecule has 0 saturated carbocycles. The summed E-state index contributed by atoms with van der Waals surface area (Å²) in [5.74, 6) is -0.284. The predicted molar refractivity (Wildman–Crippen MR) is 42.4 cm³/mol. The van der Waals surface area contributed by atoms with Crippen LogP contribution in [-0.4, -0.2) is 36.5 Å². The molecule has 1 saturated heterocycles. The van der Waals surface area contributed by atoms with Crippen molar-refractivity contribution in [3.63, 3.8) is 0 Å². The third-order valence-electron chi connectivity index (χ3n) is 2.04. The molecule has 0 aliphatic carbocycles. The highest BCUT2D eigenvalue weighted by Crippen LogP contribution is 2.14. The highest BCUT2D eigenvalue weighted by Gasteiger charge is 2.23. The number of rotatable bonds is 3. The van der Waals surface area contributed by atoms with E-state index in [9.17, 15) is 9.59 Å². The predicted octanol–water partition coefficient (Wildman–Crippen LogP) is 0.170. The molecule has 1 rings (SSSR count). The minimum Gasteiger partial charge on any atom is -0.464 e. The fourth-order valence-electron chi connectivity index (χ4n) is 1.39. The number of carbonyl (C=O) groups excluding carboxylic acids is 2. The van der Waals surface area contributed by atoms with Gasteiger partial charge in [0.25, 0.3) is 0 Å². The van der Waals surface area contributed by atoms with E-state index >= 15 is 0 Å². The Bertz CT molecular complexity index is 181. The van der Waals surface area contributed by atoms with Crippen LogP contribution in [-0.2, 0) is 14.3 Å². The molecule has 1 aliphatic heterocycles. The van der Waals surface area contributed by atoms with Crippen LogP contribution in [0.4, 0.5) is 0 Å². The zero-order valence-corrected chi connectivity index (χ0v) is 7.16. The molecule has 0 bridgehead atoms. The summed E-state index contributed by atoms with van der Waals surface area (Å²) < 4.78 is 4.82. The summed E-state index contributed by atoms with van der Waals surface area (Å²) in [4.78, 5) is 22.6. The lowest BCUT2D eigenvalue weighted by Gasteiger charge is -2.18. The molecule has 1 unspecified atom stereocenters. The molecule has 0 radical (unpaired) electrons. The van der Waals surface area contributed by atoms with Gasteiger partial charge in [-0.3, -0.25) is 9.59 Å². The van der Waals surface area contributed by atoms with Crippen LogP contribution in [0.5, 0.6) is 0 Å². The molecule has 1 aliphatic rings. The molecule has 0 spiro atoms. The summed E-state index contributed by atoms with van der Waals surface area (Å²) in [5.41, 5.74) is 0. The first kappa shape index (κ1) is 9.03. The van der Waals surface area contributed by atoms with E-state index in [0.717, 1.165) is 25.8 Å². The topological polar surface area (TPSA) is 46.6 Å². The molecule has 0 N–H and O–H groups in total. The number of nitrogens with zero attached hydrogens (tertiary/aromatic N) is 1. The van der Waals surface area contributed by atoms with Gasteiger partial charge in [0.15, 0.2) is 0 Å². The number of hydrogen-bond acceptors (Lipinski definition) is 3. The lowest BCUT2D eigenvalue weighted by Crippen LogP contribution is -2.32. The Morgan fingerprint density at radius 1 is 1.75 bits per heavy atom. The maximum atomic E-state index is 10.5. The fraction of sp³-hybridized carbons (Fsp3) is 0.750. The summed E-state index contributed by atoms with van der Waals surface area (Å²) in [6.07, 6.45) is 2.76. The highest BCUT2D eigenvalue weighted by molar-refractivity contribution is 5.66. The van der Waals surface area contributed by atoms with Crippen molar-refractivity contribution in [2.75, 3.05) is 13.2 Å². The largest absolute Gasteiger partial charge is 0.464 e. The molecule has 4 nitrogen and oxygen atoms in total. The Hall–Kier alpha value is -1.06. The number of ether oxygens (including phenoxy) is 1. The average molecular weight is 171 g/mol. The minimum absolute atomic E-state index is 0.103. The second-order valence-electron chi connectivity index (χ2n) is 2.94. The molecule has 1 heterocycles. The van der Waals surface area contributed by atoms with Crippen LogP contribution >= 0.6 is 0 Å². The smallest absolute Gasteiger partial charge is 0.302 e. The molecule has 1 atom stereocenters. The number of carbonyl (C=O) groups is 2. The van der Waals surface area contributed by atoms with Crippen LogP contribution in [0.2, 0.25) is 0 Å². The summed E-state index contributed by atoms with van der Waals surface area (Å²) >= 11 is 0. The first-order chi connectivity index (χ1) is 5.74. The molecular weight excluding hydrogens is 158 g/mol. The Labute approximate surface area is 71.5 Å². The van der Waals surface area contributed by atoms with Crippen molar-refractivity contribution in [1.29, 1.82) is 0 Å². The van der Waals surface area contributed by atoms with Gasteiger partial charge in [-0.2, -0.15) is 0 Å². The Morgan fingerprint density at radius 3 is 3.08 bits per heavy atom. The van der Waals surface area contributed by atoms with Gasteiger partial charge in [-0.15, -0.1) is 0 Å². The Morgan fingerprint density at radius 2 is 2.50 bits per heavy atom. The van der Waals surface area contributed by atoms with Crippen LogP contribution in [0, 0.1) is 0 Å². The van der Waals surface area contributed by atoms with E-state index in [-0.39, 0.29) is 12.0 Å². The van der Waals surface area contributed by atoms with Crippen molar-refractivity contribution < 1.29 is 14.3 Å². The van der Waals surface area contributed by atoms with E-state index in [1.54, 1.807) is 4.90 Å². The number of hydrogen-bond donors (Lipinski definition) is 0. The van der Waals surface area contributed by atoms with Crippen molar-refractivity contribution in [2.24, 2.45) is 0 Å². The second kappa shape index (κ2) is 4.09. The van der Waals surface area contributed by atoms with Gasteiger partial charge in [-0.25, -0.2) is 0 Å². The van der Waals surface area contributed by atoms with Gasteiger partial charge in [-0.05, 0) is 12.8 Å². The van der Waals surface area contributed by atoms with E-state index in [1.165, 1.54) is 6.92 Å². The van der Waals surface area contributed by atoms with Crippen LogP contribution in [0.15, 0.2) is 0 Å². The number of amides is 1. The molecule has 68 valence electrons. The quantitative estimate of drug-likeness (QED) is 0.449. The lowest BCUT2D eigenvalue weighted by atomic mass is 10.2. The Kier molecular flexibility index (Phi) is 3.08. The van der Waals surface area contributed by atoms with E-state index < -0.39 is 0 Å². The summed E-state index contributed by atoms with van der Waals surface area (Å²) in [6, 6.07) is 0.103. The lowest BCUT2D eigenvalue weighted by molar-refractivity contribution is -0.143. The molecule has 0 aromatic carbocycles. The standard InChI is InChI=1S/C8H13NO3/c1-7(11)12-5-8-3-2-4-9(8)6-10/h6,8H,2-5H2,1H3. The zero-order chi connectivity index (χ0) is 8.97. The minimum atomic E-state index is -0.284. The van der Waals surface area contributed by atoms with Gasteiger partial charge in [0, 0.05) is 13.5 Å². The van der Waals surface area contributed by atoms with E-state index in [4.69, 9.17) is 4.74 Å². The number of likely N-dealkylation sites (tertiary alicyclic amines) is 1. The van der Waals surface area contributed by atoms with Gasteiger partial charge in [0.05, 0.1) is 6.04 Å². The first-order valence-electron chi connectivity index (χ1n) is 4.08. The van der Waals surface area contributed by atoms with Crippen molar-refractivity contribution in [1.82, 2.24) is 4.90 Å². The van der Waals surface area contributed by atoms with E-state index in [0.29, 0.717) is 6.61 Å². The van der Waals surface area contributed by atoms with Crippen LogP contribution in [0.3, 0.4) is 0 Å². The van der Waals surface area contributed by atoms with Crippen LogP contribution in [0.25, 0.3) is 0 Å². The van der Waals surface area contributed by atoms with Gasteiger partial charge in [0.2, 0.25) is 6.41 Å².